The van der Waals surface area contributed by atoms with Crippen LogP contribution in [0.2, 0.25) is 5.15 Å². The number of fused-ring (bicyclic) bond motifs is 1. The third-order valence-electron chi connectivity index (χ3n) is 1.97. The zero-order valence-corrected chi connectivity index (χ0v) is 7.01. The number of carbonyl (C=O) groups is 1. The number of carboxylic acids is 1. The molecule has 0 radical (unpaired) electrons. The van der Waals surface area contributed by atoms with Crippen LogP contribution < -0.4 is 0 Å². The largest absolute Gasteiger partial charge is 0.476 e. The molecule has 5 heteroatoms. The van der Waals surface area contributed by atoms with E-state index in [1.165, 1.54) is 0 Å². The summed E-state index contributed by atoms with van der Waals surface area (Å²) >= 11 is 5.78. The molecular formula is C7H7ClN2O2. The molecule has 0 saturated carbocycles. The summed E-state index contributed by atoms with van der Waals surface area (Å²) in [5, 5.41) is 8.92. The average Bonchev–Trinajstić information content (AvgIpc) is 2.53. The minimum atomic E-state index is -1.05. The molecule has 0 unspecified atom stereocenters. The van der Waals surface area contributed by atoms with E-state index in [1.54, 1.807) is 4.57 Å². The molecule has 4 nitrogen and oxygen atoms in total. The van der Waals surface area contributed by atoms with Crippen LogP contribution in [-0.2, 0) is 13.0 Å². The Morgan fingerprint density at radius 2 is 2.42 bits per heavy atom. The van der Waals surface area contributed by atoms with Gasteiger partial charge in [-0.25, -0.2) is 9.78 Å². The molecule has 12 heavy (non-hydrogen) atoms. The number of hydrogen-bond donors (Lipinski definition) is 1. The summed E-state index contributed by atoms with van der Waals surface area (Å²) in [7, 11) is 0. The van der Waals surface area contributed by atoms with Gasteiger partial charge in [0.25, 0.3) is 0 Å². The van der Waals surface area contributed by atoms with Crippen molar-refractivity contribution < 1.29 is 9.90 Å². The maximum absolute atomic E-state index is 10.6. The molecule has 0 bridgehead atoms. The van der Waals surface area contributed by atoms with Crippen molar-refractivity contribution in [2.45, 2.75) is 19.4 Å². The van der Waals surface area contributed by atoms with E-state index in [2.05, 4.69) is 4.98 Å². The van der Waals surface area contributed by atoms with Gasteiger partial charge in [0.2, 0.25) is 0 Å². The Labute approximate surface area is 73.8 Å². The minimum Gasteiger partial charge on any atom is -0.476 e. The summed E-state index contributed by atoms with van der Waals surface area (Å²) in [5.74, 6) is -0.265. The van der Waals surface area contributed by atoms with Crippen molar-refractivity contribution in [3.05, 3.63) is 16.7 Å². The van der Waals surface area contributed by atoms with Crippen molar-refractivity contribution in [1.29, 1.82) is 0 Å². The lowest BCUT2D eigenvalue weighted by atomic mass is 10.3. The number of rotatable bonds is 1. The number of aromatic carboxylic acids is 1. The Hall–Kier alpha value is -1.03. The average molecular weight is 187 g/mol. The molecular weight excluding hydrogens is 180 g/mol. The van der Waals surface area contributed by atoms with E-state index in [-0.39, 0.29) is 10.8 Å². The Kier molecular flexibility index (Phi) is 1.58. The Morgan fingerprint density at radius 3 is 3.00 bits per heavy atom. The van der Waals surface area contributed by atoms with Crippen LogP contribution in [0.5, 0.6) is 0 Å². The van der Waals surface area contributed by atoms with Crippen molar-refractivity contribution >= 4 is 17.6 Å². The van der Waals surface area contributed by atoms with Gasteiger partial charge in [0.15, 0.2) is 5.69 Å². The number of imidazole rings is 1. The number of carboxylic acid groups (broad SMARTS) is 1. The van der Waals surface area contributed by atoms with Crippen LogP contribution in [0.1, 0.15) is 22.7 Å². The first-order valence-electron chi connectivity index (χ1n) is 3.68. The van der Waals surface area contributed by atoms with E-state index in [4.69, 9.17) is 16.7 Å². The maximum atomic E-state index is 10.6. The molecule has 64 valence electrons. The summed E-state index contributed by atoms with van der Waals surface area (Å²) in [6.07, 6.45) is 1.83. The van der Waals surface area contributed by atoms with Crippen LogP contribution in [0.25, 0.3) is 0 Å². The summed E-state index contributed by atoms with van der Waals surface area (Å²) in [4.78, 5) is 14.5. The van der Waals surface area contributed by atoms with E-state index < -0.39 is 5.97 Å². The van der Waals surface area contributed by atoms with Crippen LogP contribution >= 0.6 is 11.6 Å². The van der Waals surface area contributed by atoms with Gasteiger partial charge in [-0.05, 0) is 6.42 Å². The topological polar surface area (TPSA) is 55.1 Å². The maximum Gasteiger partial charge on any atom is 0.357 e. The van der Waals surface area contributed by atoms with Gasteiger partial charge in [-0.15, -0.1) is 0 Å². The highest BCUT2D eigenvalue weighted by Gasteiger charge is 2.23. The van der Waals surface area contributed by atoms with Gasteiger partial charge < -0.3 is 9.67 Å². The summed E-state index contributed by atoms with van der Waals surface area (Å²) in [5.41, 5.74) is -0.0219. The van der Waals surface area contributed by atoms with Crippen LogP contribution in [0.15, 0.2) is 0 Å². The van der Waals surface area contributed by atoms with Crippen molar-refractivity contribution in [3.8, 4) is 0 Å². The van der Waals surface area contributed by atoms with Crippen LogP contribution in [-0.4, -0.2) is 20.6 Å². The Morgan fingerprint density at radius 1 is 1.67 bits per heavy atom. The van der Waals surface area contributed by atoms with Crippen LogP contribution in [0.4, 0.5) is 0 Å². The number of nitrogens with zero attached hydrogens (tertiary/aromatic N) is 2. The molecule has 1 aliphatic heterocycles. The molecule has 0 saturated heterocycles. The molecule has 0 fully saturated rings. The van der Waals surface area contributed by atoms with Gasteiger partial charge in [-0.1, -0.05) is 11.6 Å². The molecule has 1 aromatic rings. The smallest absolute Gasteiger partial charge is 0.357 e. The third kappa shape index (κ3) is 0.914. The summed E-state index contributed by atoms with van der Waals surface area (Å²) in [6, 6.07) is 0. The molecule has 2 rings (SSSR count). The highest BCUT2D eigenvalue weighted by atomic mass is 35.5. The first-order valence-corrected chi connectivity index (χ1v) is 4.06. The van der Waals surface area contributed by atoms with Gasteiger partial charge in [-0.2, -0.15) is 0 Å². The summed E-state index contributed by atoms with van der Waals surface area (Å²) in [6.45, 7) is 0.786. The summed E-state index contributed by atoms with van der Waals surface area (Å²) < 4.78 is 1.75. The molecule has 0 amide bonds. The lowest BCUT2D eigenvalue weighted by molar-refractivity contribution is 0.0691. The Bertz CT molecular complexity index is 345. The predicted octanol–water partition coefficient (Wildman–Crippen LogP) is 1.18. The third-order valence-corrected chi connectivity index (χ3v) is 2.35. The van der Waals surface area contributed by atoms with Crippen LogP contribution in [0, 0.1) is 0 Å². The normalized spacial score (nSPS) is 14.8. The number of aromatic nitrogens is 2. The monoisotopic (exact) mass is 186 g/mol. The quantitative estimate of drug-likeness (QED) is 0.717. The van der Waals surface area contributed by atoms with Gasteiger partial charge >= 0.3 is 5.97 Å². The van der Waals surface area contributed by atoms with Crippen molar-refractivity contribution in [2.75, 3.05) is 0 Å². The SMILES string of the molecule is O=C(O)c1nc2n(c1Cl)CCC2. The van der Waals surface area contributed by atoms with Crippen molar-refractivity contribution in [2.24, 2.45) is 0 Å². The van der Waals surface area contributed by atoms with Crippen molar-refractivity contribution in [3.63, 3.8) is 0 Å². The molecule has 2 heterocycles. The number of hydrogen-bond acceptors (Lipinski definition) is 2. The number of aryl methyl sites for hydroxylation is 1. The van der Waals surface area contributed by atoms with E-state index in [0.29, 0.717) is 0 Å². The molecule has 0 spiro atoms. The Balaban J connectivity index is 2.54. The first kappa shape index (κ1) is 7.61. The fourth-order valence-electron chi connectivity index (χ4n) is 1.43. The standard InChI is InChI=1S/C7H7ClN2O2/c8-6-5(7(11)12)9-4-2-1-3-10(4)6/h1-3H2,(H,11,12). The first-order chi connectivity index (χ1) is 5.70. The van der Waals surface area contributed by atoms with E-state index in [0.717, 1.165) is 25.2 Å². The van der Waals surface area contributed by atoms with E-state index in [1.807, 2.05) is 0 Å². The predicted molar refractivity (Wildman–Crippen MR) is 42.5 cm³/mol. The molecule has 1 aliphatic rings. The zero-order chi connectivity index (χ0) is 8.72. The second-order valence-electron chi connectivity index (χ2n) is 2.73. The highest BCUT2D eigenvalue weighted by molar-refractivity contribution is 6.32. The molecule has 0 aliphatic carbocycles. The van der Waals surface area contributed by atoms with Gasteiger partial charge in [0, 0.05) is 13.0 Å². The molecule has 1 N–H and O–H groups in total. The van der Waals surface area contributed by atoms with Gasteiger partial charge in [0.05, 0.1) is 0 Å². The molecule has 1 aromatic heterocycles. The van der Waals surface area contributed by atoms with Gasteiger partial charge in [0.1, 0.15) is 11.0 Å². The van der Waals surface area contributed by atoms with Crippen LogP contribution in [0.3, 0.4) is 0 Å². The second kappa shape index (κ2) is 2.48. The lowest BCUT2D eigenvalue weighted by Crippen LogP contribution is -1.99. The van der Waals surface area contributed by atoms with Crippen molar-refractivity contribution in [1.82, 2.24) is 9.55 Å². The van der Waals surface area contributed by atoms with Gasteiger partial charge in [-0.3, -0.25) is 0 Å². The highest BCUT2D eigenvalue weighted by Crippen LogP contribution is 2.23. The molecule has 0 aromatic carbocycles. The van der Waals surface area contributed by atoms with E-state index in [9.17, 15) is 4.79 Å². The zero-order valence-electron chi connectivity index (χ0n) is 6.25. The fourth-order valence-corrected chi connectivity index (χ4v) is 1.73. The fraction of sp³-hybridized carbons (Fsp3) is 0.429. The minimum absolute atomic E-state index is 0.0219. The second-order valence-corrected chi connectivity index (χ2v) is 3.09. The number of halogens is 1. The van der Waals surface area contributed by atoms with E-state index >= 15 is 0 Å². The lowest BCUT2D eigenvalue weighted by Gasteiger charge is -1.95. The molecule has 0 atom stereocenters.